The van der Waals surface area contributed by atoms with E-state index < -0.39 is 11.6 Å². The minimum Gasteiger partial charge on any atom is -0.271 e. The zero-order chi connectivity index (χ0) is 12.1. The predicted molar refractivity (Wildman–Crippen MR) is 68.4 cm³/mol. The molecule has 16 heavy (non-hydrogen) atoms. The molecule has 0 saturated heterocycles. The highest BCUT2D eigenvalue weighted by Gasteiger charge is 2.11. The summed E-state index contributed by atoms with van der Waals surface area (Å²) in [4.78, 5) is 3.85. The van der Waals surface area contributed by atoms with Gasteiger partial charge in [-0.3, -0.25) is 5.32 Å². The van der Waals surface area contributed by atoms with E-state index in [4.69, 9.17) is 5.26 Å². The molecule has 0 amide bonds. The van der Waals surface area contributed by atoms with Gasteiger partial charge in [0.15, 0.2) is 11.4 Å². The van der Waals surface area contributed by atoms with Gasteiger partial charge in [-0.15, -0.1) is 0 Å². The van der Waals surface area contributed by atoms with Crippen LogP contribution in [0.3, 0.4) is 0 Å². The number of amidine groups is 1. The number of rotatable bonds is 1. The number of aliphatic imine (C=N–C) groups is 1. The highest BCUT2D eigenvalue weighted by molar-refractivity contribution is 14.1. The average Bonchev–Trinajstić information content (AvgIpc) is 2.28. The van der Waals surface area contributed by atoms with Crippen molar-refractivity contribution in [3.05, 3.63) is 27.3 Å². The number of halogens is 3. The van der Waals surface area contributed by atoms with E-state index in [0.29, 0.717) is 0 Å². The minimum atomic E-state index is -0.628. The second-order valence-corrected chi connectivity index (χ2v) is 4.42. The van der Waals surface area contributed by atoms with Gasteiger partial charge in [-0.2, -0.15) is 5.26 Å². The number of nitrogens with one attached hydrogen (secondary N) is 1. The molecule has 1 aromatic rings. The fourth-order valence-electron chi connectivity index (χ4n) is 0.893. The molecule has 0 fully saturated rings. The molecule has 3 nitrogen and oxygen atoms in total. The van der Waals surface area contributed by atoms with Crippen LogP contribution in [0.2, 0.25) is 0 Å². The van der Waals surface area contributed by atoms with Crippen LogP contribution in [0.4, 0.5) is 14.5 Å². The molecule has 84 valence electrons. The van der Waals surface area contributed by atoms with Crippen LogP contribution in [-0.2, 0) is 0 Å². The van der Waals surface area contributed by atoms with Gasteiger partial charge in [0.05, 0.1) is 3.57 Å². The van der Waals surface area contributed by atoms with Crippen LogP contribution in [0.1, 0.15) is 0 Å². The highest BCUT2D eigenvalue weighted by Crippen LogP contribution is 2.28. The van der Waals surface area contributed by atoms with Crippen molar-refractivity contribution >= 4 is 45.2 Å². The molecule has 0 spiro atoms. The van der Waals surface area contributed by atoms with Crippen LogP contribution in [0.25, 0.3) is 0 Å². The molecule has 0 saturated carbocycles. The maximum atomic E-state index is 13.4. The number of hydrogen-bond donors (Lipinski definition) is 1. The summed E-state index contributed by atoms with van der Waals surface area (Å²) in [5.74, 6) is -1.17. The van der Waals surface area contributed by atoms with Crippen molar-refractivity contribution in [2.45, 2.75) is 0 Å². The Labute approximate surface area is 109 Å². The van der Waals surface area contributed by atoms with E-state index in [1.54, 1.807) is 35.0 Å². The van der Waals surface area contributed by atoms with Gasteiger partial charge in [-0.25, -0.2) is 13.8 Å². The molecule has 0 aliphatic carbocycles. The van der Waals surface area contributed by atoms with Crippen molar-refractivity contribution in [1.29, 1.82) is 5.26 Å². The lowest BCUT2D eigenvalue weighted by Crippen LogP contribution is -2.12. The van der Waals surface area contributed by atoms with E-state index in [2.05, 4.69) is 10.3 Å². The number of nitrogens with zero attached hydrogens (tertiary/aromatic N) is 2. The SMILES string of the molecule is CSC(=Nc1c(F)ccc(F)c1I)NC#N. The third-order valence-electron chi connectivity index (χ3n) is 1.59. The standard InChI is InChI=1S/C9H6F2IN3S/c1-16-9(14-4-13)15-8-6(11)3-2-5(10)7(8)12/h2-3H,1H3,(H,14,15). The molecule has 0 aliphatic rings. The predicted octanol–water partition coefficient (Wildman–Crippen LogP) is 2.99. The van der Waals surface area contributed by atoms with Crippen LogP contribution in [0.15, 0.2) is 17.1 Å². The van der Waals surface area contributed by atoms with E-state index >= 15 is 0 Å². The first-order valence-electron chi connectivity index (χ1n) is 4.01. The first-order chi connectivity index (χ1) is 7.60. The zero-order valence-electron chi connectivity index (χ0n) is 8.09. The van der Waals surface area contributed by atoms with Crippen LogP contribution >= 0.6 is 34.4 Å². The zero-order valence-corrected chi connectivity index (χ0v) is 11.1. The fraction of sp³-hybridized carbons (Fsp3) is 0.111. The largest absolute Gasteiger partial charge is 0.271 e. The Morgan fingerprint density at radius 2 is 2.12 bits per heavy atom. The molecular weight excluding hydrogens is 347 g/mol. The average molecular weight is 353 g/mol. The topological polar surface area (TPSA) is 48.2 Å². The Bertz CT molecular complexity index is 471. The van der Waals surface area contributed by atoms with Crippen molar-refractivity contribution in [2.75, 3.05) is 6.26 Å². The monoisotopic (exact) mass is 353 g/mol. The van der Waals surface area contributed by atoms with Gasteiger partial charge in [0, 0.05) is 0 Å². The van der Waals surface area contributed by atoms with Gasteiger partial charge in [-0.05, 0) is 41.0 Å². The maximum absolute atomic E-state index is 13.4. The van der Waals surface area contributed by atoms with Gasteiger partial charge in [0.2, 0.25) is 0 Å². The first-order valence-corrected chi connectivity index (χ1v) is 6.31. The van der Waals surface area contributed by atoms with E-state index in [1.807, 2.05) is 0 Å². The summed E-state index contributed by atoms with van der Waals surface area (Å²) in [6.07, 6.45) is 3.35. The van der Waals surface area contributed by atoms with Crippen molar-refractivity contribution in [2.24, 2.45) is 4.99 Å². The number of benzene rings is 1. The molecule has 0 unspecified atom stereocenters. The molecule has 0 aromatic heterocycles. The molecule has 0 radical (unpaired) electrons. The van der Waals surface area contributed by atoms with E-state index in [-0.39, 0.29) is 14.4 Å². The number of hydrogen-bond acceptors (Lipinski definition) is 3. The molecule has 0 bridgehead atoms. The lowest BCUT2D eigenvalue weighted by Gasteiger charge is -2.04. The Morgan fingerprint density at radius 3 is 2.69 bits per heavy atom. The second kappa shape index (κ2) is 6.00. The lowest BCUT2D eigenvalue weighted by atomic mass is 10.3. The summed E-state index contributed by atoms with van der Waals surface area (Å²) in [5, 5.41) is 10.9. The van der Waals surface area contributed by atoms with Gasteiger partial charge in [0.25, 0.3) is 0 Å². The third-order valence-corrected chi connectivity index (χ3v) is 3.20. The molecule has 1 rings (SSSR count). The van der Waals surface area contributed by atoms with E-state index in [1.165, 1.54) is 0 Å². The third kappa shape index (κ3) is 3.05. The quantitative estimate of drug-likeness (QED) is 0.211. The molecular formula is C9H6F2IN3S. The van der Waals surface area contributed by atoms with Gasteiger partial charge < -0.3 is 0 Å². The number of nitriles is 1. The Morgan fingerprint density at radius 1 is 1.50 bits per heavy atom. The van der Waals surface area contributed by atoms with Crippen LogP contribution in [-0.4, -0.2) is 11.4 Å². The Balaban J connectivity index is 3.23. The van der Waals surface area contributed by atoms with Crippen molar-refractivity contribution in [3.8, 4) is 6.19 Å². The van der Waals surface area contributed by atoms with Crippen LogP contribution in [0.5, 0.6) is 0 Å². The van der Waals surface area contributed by atoms with Gasteiger partial charge >= 0.3 is 0 Å². The molecule has 7 heteroatoms. The summed E-state index contributed by atoms with van der Waals surface area (Å²) in [6.45, 7) is 0. The smallest absolute Gasteiger partial charge is 0.183 e. The second-order valence-electron chi connectivity index (χ2n) is 2.55. The first kappa shape index (κ1) is 13.2. The minimum absolute atomic E-state index is 0.0869. The van der Waals surface area contributed by atoms with Crippen LogP contribution < -0.4 is 5.32 Å². The van der Waals surface area contributed by atoms with Crippen molar-refractivity contribution in [1.82, 2.24) is 5.32 Å². The van der Waals surface area contributed by atoms with E-state index in [9.17, 15) is 8.78 Å². The van der Waals surface area contributed by atoms with Crippen molar-refractivity contribution in [3.63, 3.8) is 0 Å². The summed E-state index contributed by atoms with van der Waals surface area (Å²) >= 11 is 2.80. The summed E-state index contributed by atoms with van der Waals surface area (Å²) in [7, 11) is 0. The maximum Gasteiger partial charge on any atom is 0.183 e. The van der Waals surface area contributed by atoms with E-state index in [0.717, 1.165) is 23.9 Å². The Kier molecular flexibility index (Phi) is 4.95. The van der Waals surface area contributed by atoms with Crippen molar-refractivity contribution < 1.29 is 8.78 Å². The summed E-state index contributed by atoms with van der Waals surface area (Å²) in [6, 6.07) is 2.03. The Hall–Kier alpha value is -0.880. The molecule has 0 heterocycles. The lowest BCUT2D eigenvalue weighted by molar-refractivity contribution is 0.596. The van der Waals surface area contributed by atoms with Gasteiger partial charge in [0.1, 0.15) is 17.3 Å². The normalized spacial score (nSPS) is 11.1. The summed E-state index contributed by atoms with van der Waals surface area (Å²) in [5.41, 5.74) is -0.104. The highest BCUT2D eigenvalue weighted by atomic mass is 127. The molecule has 1 N–H and O–H groups in total. The summed E-state index contributed by atoms with van der Waals surface area (Å²) < 4.78 is 26.6. The molecule has 0 atom stereocenters. The van der Waals surface area contributed by atoms with Gasteiger partial charge in [-0.1, -0.05) is 11.8 Å². The molecule has 0 aliphatic heterocycles. The number of thioether (sulfide) groups is 1. The molecule has 1 aromatic carbocycles. The van der Waals surface area contributed by atoms with Crippen LogP contribution in [0, 0.1) is 26.7 Å². The fourth-order valence-corrected chi connectivity index (χ4v) is 1.78.